The Morgan fingerprint density at radius 3 is 2.42 bits per heavy atom. The molecular weight excluding hydrogens is 346 g/mol. The van der Waals surface area contributed by atoms with Gasteiger partial charge >= 0.3 is 0 Å². The Morgan fingerprint density at radius 1 is 1.04 bits per heavy atom. The lowest BCUT2D eigenvalue weighted by atomic mass is 9.74. The minimum absolute atomic E-state index is 0.215. The highest BCUT2D eigenvalue weighted by atomic mass is 32.2. The van der Waals surface area contributed by atoms with Gasteiger partial charge in [0.25, 0.3) is 0 Å². The average molecular weight is 382 g/mol. The Labute approximate surface area is 158 Å². The third kappa shape index (κ3) is 4.73. The molecule has 2 aliphatic heterocycles. The van der Waals surface area contributed by atoms with E-state index in [9.17, 15) is 8.42 Å². The van der Waals surface area contributed by atoms with Crippen molar-refractivity contribution < 1.29 is 8.42 Å². The summed E-state index contributed by atoms with van der Waals surface area (Å²) in [5, 5.41) is 3.67. The molecule has 148 valence electrons. The molecule has 2 saturated heterocycles. The first-order valence-electron chi connectivity index (χ1n) is 10.8. The van der Waals surface area contributed by atoms with E-state index in [0.717, 1.165) is 25.5 Å². The highest BCUT2D eigenvalue weighted by Gasteiger charge is 2.37. The van der Waals surface area contributed by atoms with Crippen molar-refractivity contribution >= 4 is 15.8 Å². The number of guanidine groups is 1. The maximum absolute atomic E-state index is 11.7. The van der Waals surface area contributed by atoms with Crippen LogP contribution in [0.2, 0.25) is 0 Å². The van der Waals surface area contributed by atoms with Crippen molar-refractivity contribution in [3.8, 4) is 0 Å². The first kappa shape index (κ1) is 18.6. The van der Waals surface area contributed by atoms with Crippen LogP contribution in [0.4, 0.5) is 0 Å². The predicted octanol–water partition coefficient (Wildman–Crippen LogP) is 2.97. The lowest BCUT2D eigenvalue weighted by molar-refractivity contribution is 0.115. The van der Waals surface area contributed by atoms with E-state index in [2.05, 4.69) is 10.2 Å². The summed E-state index contributed by atoms with van der Waals surface area (Å²) in [6.45, 7) is 2.91. The fourth-order valence-electron chi connectivity index (χ4n) is 5.15. The zero-order chi connectivity index (χ0) is 18.0. The molecule has 4 aliphatic rings. The molecular formula is C20H35N3O2S. The number of piperidine rings is 1. The van der Waals surface area contributed by atoms with Gasteiger partial charge in [-0.2, -0.15) is 0 Å². The summed E-state index contributed by atoms with van der Waals surface area (Å²) in [5.41, 5.74) is 0.497. The highest BCUT2D eigenvalue weighted by Crippen LogP contribution is 2.42. The molecule has 2 aliphatic carbocycles. The Morgan fingerprint density at radius 2 is 1.77 bits per heavy atom. The molecule has 2 heterocycles. The van der Waals surface area contributed by atoms with E-state index in [1.165, 1.54) is 64.2 Å². The van der Waals surface area contributed by atoms with E-state index in [-0.39, 0.29) is 5.92 Å². The van der Waals surface area contributed by atoms with Crippen LogP contribution in [-0.2, 0) is 9.84 Å². The van der Waals surface area contributed by atoms with Crippen LogP contribution >= 0.6 is 0 Å². The summed E-state index contributed by atoms with van der Waals surface area (Å²) in [6.07, 6.45) is 14.2. The fraction of sp³-hybridized carbons (Fsp3) is 0.950. The Hall–Kier alpha value is -0.780. The number of nitrogens with one attached hydrogen (secondary N) is 1. The molecule has 1 spiro atoms. The first-order valence-corrected chi connectivity index (χ1v) is 12.6. The van der Waals surface area contributed by atoms with E-state index in [4.69, 9.17) is 4.99 Å². The molecule has 0 amide bonds. The molecule has 4 rings (SSSR count). The molecule has 0 radical (unpaired) electrons. The largest absolute Gasteiger partial charge is 0.354 e. The second-order valence-electron chi connectivity index (χ2n) is 9.29. The summed E-state index contributed by atoms with van der Waals surface area (Å²) in [5.74, 6) is 1.97. The average Bonchev–Trinajstić information content (AvgIpc) is 3.39. The van der Waals surface area contributed by atoms with E-state index in [1.807, 2.05) is 0 Å². The maximum atomic E-state index is 11.7. The van der Waals surface area contributed by atoms with Crippen molar-refractivity contribution in [3.63, 3.8) is 0 Å². The Kier molecular flexibility index (Phi) is 5.49. The highest BCUT2D eigenvalue weighted by molar-refractivity contribution is 7.91. The van der Waals surface area contributed by atoms with Crippen LogP contribution in [-0.4, -0.2) is 56.5 Å². The molecule has 2 saturated carbocycles. The third-order valence-corrected chi connectivity index (χ3v) is 8.70. The van der Waals surface area contributed by atoms with Gasteiger partial charge in [-0.05, 0) is 56.3 Å². The normalized spacial score (nSPS) is 31.8. The van der Waals surface area contributed by atoms with Crippen LogP contribution in [0.15, 0.2) is 4.99 Å². The van der Waals surface area contributed by atoms with Gasteiger partial charge in [0.05, 0.1) is 11.5 Å². The second-order valence-corrected chi connectivity index (χ2v) is 11.5. The van der Waals surface area contributed by atoms with Crippen molar-refractivity contribution in [2.75, 3.05) is 31.1 Å². The molecule has 0 aromatic heterocycles. The molecule has 0 aromatic carbocycles. The van der Waals surface area contributed by atoms with Gasteiger partial charge in [-0.15, -0.1) is 0 Å². The topological polar surface area (TPSA) is 61.8 Å². The van der Waals surface area contributed by atoms with Crippen molar-refractivity contribution in [1.82, 2.24) is 10.2 Å². The van der Waals surface area contributed by atoms with Gasteiger partial charge in [0.1, 0.15) is 0 Å². The standard InChI is InChI=1S/C20H35N3O2S/c24-26(25)13-8-17(15-26)14-21-19(22-18-6-7-18)23-12-5-11-20(16-23)9-3-1-2-4-10-20/h17-18H,1-16H2,(H,21,22). The Balaban J connectivity index is 1.44. The zero-order valence-electron chi connectivity index (χ0n) is 16.1. The smallest absolute Gasteiger partial charge is 0.194 e. The number of hydrogen-bond acceptors (Lipinski definition) is 3. The molecule has 4 fully saturated rings. The van der Waals surface area contributed by atoms with Gasteiger partial charge in [0.15, 0.2) is 15.8 Å². The van der Waals surface area contributed by atoms with Crippen LogP contribution in [0.3, 0.4) is 0 Å². The number of aliphatic imine (C=N–C) groups is 1. The quantitative estimate of drug-likeness (QED) is 0.603. The predicted molar refractivity (Wildman–Crippen MR) is 106 cm³/mol. The summed E-state index contributed by atoms with van der Waals surface area (Å²) in [6, 6.07) is 0.591. The number of sulfone groups is 1. The van der Waals surface area contributed by atoms with Crippen molar-refractivity contribution in [2.24, 2.45) is 16.3 Å². The molecule has 1 N–H and O–H groups in total. The van der Waals surface area contributed by atoms with Gasteiger partial charge in [0.2, 0.25) is 0 Å². The molecule has 1 unspecified atom stereocenters. The van der Waals surface area contributed by atoms with Crippen molar-refractivity contribution in [1.29, 1.82) is 0 Å². The fourth-order valence-corrected chi connectivity index (χ4v) is 7.00. The van der Waals surface area contributed by atoms with Crippen LogP contribution in [0, 0.1) is 11.3 Å². The van der Waals surface area contributed by atoms with Gasteiger partial charge in [-0.25, -0.2) is 8.42 Å². The molecule has 26 heavy (non-hydrogen) atoms. The van der Waals surface area contributed by atoms with E-state index >= 15 is 0 Å². The number of hydrogen-bond donors (Lipinski definition) is 1. The van der Waals surface area contributed by atoms with E-state index in [1.54, 1.807) is 0 Å². The van der Waals surface area contributed by atoms with Crippen molar-refractivity contribution in [3.05, 3.63) is 0 Å². The molecule has 5 nitrogen and oxygen atoms in total. The number of rotatable bonds is 3. The lowest BCUT2D eigenvalue weighted by Crippen LogP contribution is -2.51. The molecule has 6 heteroatoms. The summed E-state index contributed by atoms with van der Waals surface area (Å²) >= 11 is 0. The maximum Gasteiger partial charge on any atom is 0.194 e. The minimum atomic E-state index is -2.81. The SMILES string of the molecule is O=S1(=O)CCC(CN=C(NC2CC2)N2CCCC3(CCCCCC3)C2)C1. The number of nitrogens with zero attached hydrogens (tertiary/aromatic N) is 2. The van der Waals surface area contributed by atoms with Crippen LogP contribution in [0.1, 0.15) is 70.6 Å². The van der Waals surface area contributed by atoms with E-state index < -0.39 is 9.84 Å². The summed E-state index contributed by atoms with van der Waals surface area (Å²) in [7, 11) is -2.81. The minimum Gasteiger partial charge on any atom is -0.354 e. The molecule has 0 bridgehead atoms. The van der Waals surface area contributed by atoms with Gasteiger partial charge < -0.3 is 10.2 Å². The molecule has 1 atom stereocenters. The third-order valence-electron chi connectivity index (χ3n) is 6.86. The van der Waals surface area contributed by atoms with E-state index in [0.29, 0.717) is 29.5 Å². The Bertz CT molecular complexity index is 619. The van der Waals surface area contributed by atoms with Gasteiger partial charge in [-0.1, -0.05) is 25.7 Å². The number of likely N-dealkylation sites (tertiary alicyclic amines) is 1. The van der Waals surface area contributed by atoms with Crippen LogP contribution in [0.25, 0.3) is 0 Å². The van der Waals surface area contributed by atoms with Crippen LogP contribution < -0.4 is 5.32 Å². The lowest BCUT2D eigenvalue weighted by Gasteiger charge is -2.44. The summed E-state index contributed by atoms with van der Waals surface area (Å²) < 4.78 is 23.5. The van der Waals surface area contributed by atoms with Gasteiger partial charge in [0, 0.05) is 25.7 Å². The van der Waals surface area contributed by atoms with Gasteiger partial charge in [-0.3, -0.25) is 4.99 Å². The van der Waals surface area contributed by atoms with Crippen molar-refractivity contribution in [2.45, 2.75) is 76.7 Å². The monoisotopic (exact) mass is 381 g/mol. The summed E-state index contributed by atoms with van der Waals surface area (Å²) in [4.78, 5) is 7.45. The van der Waals surface area contributed by atoms with Crippen LogP contribution in [0.5, 0.6) is 0 Å². The first-order chi connectivity index (χ1) is 12.5. The molecule has 0 aromatic rings. The zero-order valence-corrected chi connectivity index (χ0v) is 16.9. The second kappa shape index (κ2) is 7.69.